The number of hydrogen-bond donors (Lipinski definition) is 1. The first-order valence-corrected chi connectivity index (χ1v) is 8.51. The Bertz CT molecular complexity index is 534. The van der Waals surface area contributed by atoms with Gasteiger partial charge >= 0.3 is 0 Å². The average molecular weight is 358 g/mol. The number of amides is 1. The summed E-state index contributed by atoms with van der Waals surface area (Å²) in [6.45, 7) is 3.96. The van der Waals surface area contributed by atoms with Gasteiger partial charge in [0.05, 0.1) is 16.8 Å². The number of anilines is 1. The van der Waals surface area contributed by atoms with Crippen LogP contribution in [-0.2, 0) is 4.79 Å². The van der Waals surface area contributed by atoms with E-state index in [0.717, 1.165) is 38.3 Å². The SMILES string of the molecule is CN(CC1CCNCC1)C1CCN(c2ccccc2Cl)C1=O.Cl. The van der Waals surface area contributed by atoms with Crippen LogP contribution in [0.25, 0.3) is 0 Å². The second-order valence-electron chi connectivity index (χ2n) is 6.38. The molecule has 1 atom stereocenters. The number of benzene rings is 1. The zero-order chi connectivity index (χ0) is 15.5. The molecular formula is C17H25Cl2N3O. The van der Waals surface area contributed by atoms with Gasteiger partial charge in [-0.2, -0.15) is 0 Å². The zero-order valence-corrected chi connectivity index (χ0v) is 15.1. The molecule has 4 nitrogen and oxygen atoms in total. The van der Waals surface area contributed by atoms with E-state index in [1.54, 1.807) is 0 Å². The summed E-state index contributed by atoms with van der Waals surface area (Å²) < 4.78 is 0. The smallest absolute Gasteiger partial charge is 0.244 e. The number of carbonyl (C=O) groups excluding carboxylic acids is 1. The van der Waals surface area contributed by atoms with Crippen molar-refractivity contribution in [2.24, 2.45) is 5.92 Å². The number of nitrogens with zero attached hydrogens (tertiary/aromatic N) is 2. The van der Waals surface area contributed by atoms with Gasteiger partial charge in [0.2, 0.25) is 5.91 Å². The third-order valence-corrected chi connectivity index (χ3v) is 5.18. The first-order valence-electron chi connectivity index (χ1n) is 8.13. The molecule has 2 aliphatic rings. The molecular weight excluding hydrogens is 333 g/mol. The Morgan fingerprint density at radius 3 is 2.65 bits per heavy atom. The normalized spacial score (nSPS) is 22.5. The van der Waals surface area contributed by atoms with Crippen molar-refractivity contribution in [2.45, 2.75) is 25.3 Å². The Labute approximate surface area is 149 Å². The molecule has 3 rings (SSSR count). The van der Waals surface area contributed by atoms with E-state index in [1.165, 1.54) is 12.8 Å². The summed E-state index contributed by atoms with van der Waals surface area (Å²) in [5.74, 6) is 0.887. The molecule has 0 aliphatic carbocycles. The molecule has 0 spiro atoms. The van der Waals surface area contributed by atoms with Crippen LogP contribution in [0, 0.1) is 5.92 Å². The van der Waals surface area contributed by atoms with Gasteiger partial charge in [-0.05, 0) is 57.5 Å². The fraction of sp³-hybridized carbons (Fsp3) is 0.588. The van der Waals surface area contributed by atoms with Gasteiger partial charge in [0, 0.05) is 13.1 Å². The first-order chi connectivity index (χ1) is 10.7. The van der Waals surface area contributed by atoms with Crippen molar-refractivity contribution >= 4 is 35.6 Å². The van der Waals surface area contributed by atoms with Crippen molar-refractivity contribution in [1.82, 2.24) is 10.2 Å². The largest absolute Gasteiger partial charge is 0.317 e. The summed E-state index contributed by atoms with van der Waals surface area (Å²) in [5, 5.41) is 4.04. The lowest BCUT2D eigenvalue weighted by Gasteiger charge is -2.30. The molecule has 2 heterocycles. The maximum absolute atomic E-state index is 12.8. The number of piperidine rings is 1. The average Bonchev–Trinajstić information content (AvgIpc) is 2.90. The fourth-order valence-corrected chi connectivity index (χ4v) is 3.82. The molecule has 0 radical (unpaired) electrons. The molecule has 0 bridgehead atoms. The van der Waals surface area contributed by atoms with E-state index in [1.807, 2.05) is 29.2 Å². The quantitative estimate of drug-likeness (QED) is 0.899. The lowest BCUT2D eigenvalue weighted by Crippen LogP contribution is -2.43. The molecule has 1 amide bonds. The summed E-state index contributed by atoms with van der Waals surface area (Å²) >= 11 is 6.24. The number of halogens is 2. The predicted molar refractivity (Wildman–Crippen MR) is 97.7 cm³/mol. The maximum Gasteiger partial charge on any atom is 0.244 e. The summed E-state index contributed by atoms with van der Waals surface area (Å²) in [6, 6.07) is 7.59. The van der Waals surface area contributed by atoms with E-state index in [4.69, 9.17) is 11.6 Å². The van der Waals surface area contributed by atoms with Crippen LogP contribution in [0.1, 0.15) is 19.3 Å². The maximum atomic E-state index is 12.8. The highest BCUT2D eigenvalue weighted by atomic mass is 35.5. The Morgan fingerprint density at radius 1 is 1.26 bits per heavy atom. The highest BCUT2D eigenvalue weighted by molar-refractivity contribution is 6.33. The second-order valence-corrected chi connectivity index (χ2v) is 6.79. The number of carbonyl (C=O) groups is 1. The van der Waals surface area contributed by atoms with Gasteiger partial charge in [-0.15, -0.1) is 12.4 Å². The molecule has 23 heavy (non-hydrogen) atoms. The summed E-state index contributed by atoms with van der Waals surface area (Å²) in [5.41, 5.74) is 0.840. The third-order valence-electron chi connectivity index (χ3n) is 4.86. The van der Waals surface area contributed by atoms with Crippen molar-refractivity contribution < 1.29 is 4.79 Å². The van der Waals surface area contributed by atoms with Crippen molar-refractivity contribution in [3.05, 3.63) is 29.3 Å². The molecule has 1 aromatic rings. The number of likely N-dealkylation sites (N-methyl/N-ethyl adjacent to an activating group) is 1. The van der Waals surface area contributed by atoms with Crippen molar-refractivity contribution in [3.63, 3.8) is 0 Å². The lowest BCUT2D eigenvalue weighted by molar-refractivity contribution is -0.121. The monoisotopic (exact) mass is 357 g/mol. The molecule has 128 valence electrons. The second kappa shape index (κ2) is 8.34. The highest BCUT2D eigenvalue weighted by Crippen LogP contribution is 2.30. The number of hydrogen-bond acceptors (Lipinski definition) is 3. The van der Waals surface area contributed by atoms with Gasteiger partial charge in [-0.25, -0.2) is 0 Å². The Kier molecular flexibility index (Phi) is 6.72. The van der Waals surface area contributed by atoms with E-state index in [-0.39, 0.29) is 24.4 Å². The van der Waals surface area contributed by atoms with Crippen LogP contribution in [0.4, 0.5) is 5.69 Å². The van der Waals surface area contributed by atoms with Crippen LogP contribution in [-0.4, -0.2) is 50.1 Å². The minimum Gasteiger partial charge on any atom is -0.317 e. The molecule has 1 unspecified atom stereocenters. The number of nitrogens with one attached hydrogen (secondary N) is 1. The van der Waals surface area contributed by atoms with Gasteiger partial charge < -0.3 is 10.2 Å². The summed E-state index contributed by atoms with van der Waals surface area (Å²) in [4.78, 5) is 16.8. The van der Waals surface area contributed by atoms with E-state index in [0.29, 0.717) is 10.9 Å². The highest BCUT2D eigenvalue weighted by Gasteiger charge is 2.36. The van der Waals surface area contributed by atoms with Gasteiger partial charge in [-0.1, -0.05) is 23.7 Å². The standard InChI is InChI=1S/C17H24ClN3O.ClH/c1-20(12-13-6-9-19-10-7-13)16-8-11-21(17(16)22)15-5-3-2-4-14(15)18;/h2-5,13,16,19H,6-12H2,1H3;1H. The molecule has 0 aromatic heterocycles. The zero-order valence-electron chi connectivity index (χ0n) is 13.5. The predicted octanol–water partition coefficient (Wildman–Crippen LogP) is 2.80. The lowest BCUT2D eigenvalue weighted by atomic mass is 9.97. The molecule has 2 aliphatic heterocycles. The van der Waals surface area contributed by atoms with E-state index >= 15 is 0 Å². The van der Waals surface area contributed by atoms with Crippen molar-refractivity contribution in [2.75, 3.05) is 38.1 Å². The number of para-hydroxylation sites is 1. The van der Waals surface area contributed by atoms with Gasteiger partial charge in [0.25, 0.3) is 0 Å². The molecule has 6 heteroatoms. The molecule has 1 aromatic carbocycles. The number of rotatable bonds is 4. The first kappa shape index (κ1) is 18.5. The van der Waals surface area contributed by atoms with E-state index < -0.39 is 0 Å². The van der Waals surface area contributed by atoms with E-state index in [2.05, 4.69) is 17.3 Å². The molecule has 1 N–H and O–H groups in total. The van der Waals surface area contributed by atoms with Gasteiger partial charge in [0.15, 0.2) is 0 Å². The molecule has 2 saturated heterocycles. The summed E-state index contributed by atoms with van der Waals surface area (Å²) in [7, 11) is 2.08. The van der Waals surface area contributed by atoms with E-state index in [9.17, 15) is 4.79 Å². The fourth-order valence-electron chi connectivity index (χ4n) is 3.58. The Morgan fingerprint density at radius 2 is 1.96 bits per heavy atom. The van der Waals surface area contributed by atoms with Crippen molar-refractivity contribution in [3.8, 4) is 0 Å². The summed E-state index contributed by atoms with van der Waals surface area (Å²) in [6.07, 6.45) is 3.30. The Hall–Kier alpha value is -0.810. The van der Waals surface area contributed by atoms with Gasteiger partial charge in [-0.3, -0.25) is 9.69 Å². The van der Waals surface area contributed by atoms with Crippen LogP contribution in [0.5, 0.6) is 0 Å². The van der Waals surface area contributed by atoms with Crippen LogP contribution in [0.2, 0.25) is 5.02 Å². The molecule has 0 saturated carbocycles. The van der Waals surface area contributed by atoms with Gasteiger partial charge in [0.1, 0.15) is 0 Å². The van der Waals surface area contributed by atoms with Crippen LogP contribution < -0.4 is 10.2 Å². The van der Waals surface area contributed by atoms with Crippen LogP contribution in [0.15, 0.2) is 24.3 Å². The van der Waals surface area contributed by atoms with Crippen molar-refractivity contribution in [1.29, 1.82) is 0 Å². The minimum atomic E-state index is -0.00819. The topological polar surface area (TPSA) is 35.6 Å². The third kappa shape index (κ3) is 4.18. The minimum absolute atomic E-state index is 0. The Balaban J connectivity index is 0.00000192. The molecule has 2 fully saturated rings. The van der Waals surface area contributed by atoms with Crippen LogP contribution in [0.3, 0.4) is 0 Å². The van der Waals surface area contributed by atoms with Crippen LogP contribution >= 0.6 is 24.0 Å².